The first-order chi connectivity index (χ1) is 14.4. The van der Waals surface area contributed by atoms with Crippen molar-refractivity contribution in [1.82, 2.24) is 0 Å². The Morgan fingerprint density at radius 1 is 0.935 bits per heavy atom. The third kappa shape index (κ3) is 5.43. The van der Waals surface area contributed by atoms with Crippen molar-refractivity contribution in [2.45, 2.75) is 86.5 Å². The number of aryl methyl sites for hydroxylation is 1. The van der Waals surface area contributed by atoms with Crippen molar-refractivity contribution in [2.75, 3.05) is 0 Å². The molecule has 1 heterocycles. The Labute approximate surface area is 189 Å². The minimum absolute atomic E-state index is 0.0485. The van der Waals surface area contributed by atoms with Crippen LogP contribution in [0.2, 0.25) is 0 Å². The Bertz CT molecular complexity index is 943. The molecule has 2 unspecified atom stereocenters. The molecule has 31 heavy (non-hydrogen) atoms. The summed E-state index contributed by atoms with van der Waals surface area (Å²) in [6.45, 7) is 19.7. The van der Waals surface area contributed by atoms with E-state index in [4.69, 9.17) is 9.05 Å². The Hall–Kier alpha value is -1.60. The maximum absolute atomic E-state index is 15.0. The molecule has 0 fully saturated rings. The van der Waals surface area contributed by atoms with E-state index in [1.807, 2.05) is 6.92 Å². The summed E-state index contributed by atoms with van der Waals surface area (Å²) in [7, 11) is -2.54. The number of rotatable bonds is 4. The second-order valence-electron chi connectivity index (χ2n) is 10.9. The van der Waals surface area contributed by atoms with Crippen LogP contribution in [-0.4, -0.2) is 0 Å². The van der Waals surface area contributed by atoms with Gasteiger partial charge in [0.1, 0.15) is 11.5 Å². The number of hydrogen-bond acceptors (Lipinski definition) is 2. The van der Waals surface area contributed by atoms with Gasteiger partial charge in [-0.3, -0.25) is 0 Å². The molecule has 0 amide bonds. The zero-order valence-corrected chi connectivity index (χ0v) is 21.5. The van der Waals surface area contributed by atoms with Crippen LogP contribution in [0.1, 0.15) is 94.7 Å². The fraction of sp³-hybridized carbons (Fsp3) is 0.556. The van der Waals surface area contributed by atoms with E-state index in [1.165, 1.54) is 16.7 Å². The van der Waals surface area contributed by atoms with E-state index in [-0.39, 0.29) is 11.3 Å². The van der Waals surface area contributed by atoms with E-state index in [9.17, 15) is 4.20 Å². The van der Waals surface area contributed by atoms with Crippen LogP contribution in [0.25, 0.3) is 0 Å². The van der Waals surface area contributed by atoms with Crippen LogP contribution in [0.5, 0.6) is 11.5 Å². The summed E-state index contributed by atoms with van der Waals surface area (Å²) in [5, 5.41) is 0. The molecule has 0 spiro atoms. The fourth-order valence-corrected chi connectivity index (χ4v) is 5.36. The van der Waals surface area contributed by atoms with Gasteiger partial charge in [0.25, 0.3) is 0 Å². The highest BCUT2D eigenvalue weighted by Crippen LogP contribution is 2.52. The number of hydrogen-bond donors (Lipinski definition) is 0. The molecule has 0 radical (unpaired) electrons. The predicted molar refractivity (Wildman–Crippen MR) is 130 cm³/mol. The summed E-state index contributed by atoms with van der Waals surface area (Å²) in [6.07, 6.45) is 1.99. The standard InChI is InChI=1S/C27H38FO2P/c1-16(2)10-20-12-18(5)26-23(13-20)19(6)22-14-21(11-17(3)4)24(27(7,8)9)15-25(22)29-31(28)30-26/h12-17,19H,10-11H2,1-9H3. The molecule has 2 aromatic carbocycles. The molecule has 0 bridgehead atoms. The van der Waals surface area contributed by atoms with Crippen LogP contribution < -0.4 is 9.05 Å². The minimum Gasteiger partial charge on any atom is -0.414 e. The Kier molecular flexibility index (Phi) is 7.06. The summed E-state index contributed by atoms with van der Waals surface area (Å²) in [4.78, 5) is 0. The summed E-state index contributed by atoms with van der Waals surface area (Å²) < 4.78 is 26.5. The lowest BCUT2D eigenvalue weighted by Gasteiger charge is -2.30. The molecule has 0 saturated carbocycles. The van der Waals surface area contributed by atoms with E-state index >= 15 is 0 Å². The summed E-state index contributed by atoms with van der Waals surface area (Å²) in [5.41, 5.74) is 6.88. The van der Waals surface area contributed by atoms with Crippen LogP contribution in [0.3, 0.4) is 0 Å². The molecule has 2 atom stereocenters. The molecule has 0 aliphatic carbocycles. The van der Waals surface area contributed by atoms with Gasteiger partial charge in [0, 0.05) is 17.0 Å². The van der Waals surface area contributed by atoms with Crippen LogP contribution in [-0.2, 0) is 18.3 Å². The van der Waals surface area contributed by atoms with Crippen molar-refractivity contribution in [3.05, 3.63) is 57.6 Å². The van der Waals surface area contributed by atoms with Crippen molar-refractivity contribution >= 4 is 8.69 Å². The molecule has 2 nitrogen and oxygen atoms in total. The fourth-order valence-electron chi connectivity index (χ4n) is 4.62. The van der Waals surface area contributed by atoms with Gasteiger partial charge in [-0.25, -0.2) is 0 Å². The van der Waals surface area contributed by atoms with E-state index in [2.05, 4.69) is 79.7 Å². The first-order valence-electron chi connectivity index (χ1n) is 11.5. The van der Waals surface area contributed by atoms with E-state index < -0.39 is 8.69 Å². The summed E-state index contributed by atoms with van der Waals surface area (Å²) >= 11 is 0. The molecule has 2 aromatic rings. The molecule has 4 heteroatoms. The first-order valence-corrected chi connectivity index (χ1v) is 12.6. The quantitative estimate of drug-likeness (QED) is 0.439. The second-order valence-corrected chi connectivity index (χ2v) is 11.7. The van der Waals surface area contributed by atoms with Crippen molar-refractivity contribution in [3.8, 4) is 11.5 Å². The average Bonchev–Trinajstić information content (AvgIpc) is 2.61. The van der Waals surface area contributed by atoms with Gasteiger partial charge in [-0.1, -0.05) is 73.6 Å². The smallest absolute Gasteiger partial charge is 0.414 e. The first kappa shape index (κ1) is 24.1. The third-order valence-corrected chi connectivity index (χ3v) is 6.61. The maximum atomic E-state index is 15.0. The molecule has 0 aromatic heterocycles. The Morgan fingerprint density at radius 2 is 1.58 bits per heavy atom. The molecule has 1 aliphatic rings. The molecule has 0 saturated heterocycles. The highest BCUT2D eigenvalue weighted by atomic mass is 31.2. The van der Waals surface area contributed by atoms with Crippen molar-refractivity contribution in [2.24, 2.45) is 11.8 Å². The molecule has 3 rings (SSSR count). The summed E-state index contributed by atoms with van der Waals surface area (Å²) in [6, 6.07) is 8.68. The van der Waals surface area contributed by atoms with Gasteiger partial charge < -0.3 is 9.05 Å². The van der Waals surface area contributed by atoms with Gasteiger partial charge >= 0.3 is 8.69 Å². The topological polar surface area (TPSA) is 18.5 Å². The zero-order chi connectivity index (χ0) is 23.1. The van der Waals surface area contributed by atoms with Gasteiger partial charge in [0.2, 0.25) is 0 Å². The molecule has 0 N–H and O–H groups in total. The van der Waals surface area contributed by atoms with E-state index in [1.54, 1.807) is 0 Å². The Morgan fingerprint density at radius 3 is 2.16 bits per heavy atom. The lowest BCUT2D eigenvalue weighted by Crippen LogP contribution is -2.17. The van der Waals surface area contributed by atoms with Crippen molar-refractivity contribution < 1.29 is 13.2 Å². The zero-order valence-electron chi connectivity index (χ0n) is 20.6. The second kappa shape index (κ2) is 9.10. The monoisotopic (exact) mass is 444 g/mol. The van der Waals surface area contributed by atoms with Crippen molar-refractivity contribution in [3.63, 3.8) is 0 Å². The normalized spacial score (nSPS) is 18.7. The largest absolute Gasteiger partial charge is 0.505 e. The van der Waals surface area contributed by atoms with Crippen LogP contribution >= 0.6 is 8.69 Å². The molecular formula is C27H38FO2P. The van der Waals surface area contributed by atoms with Crippen molar-refractivity contribution in [1.29, 1.82) is 0 Å². The average molecular weight is 445 g/mol. The van der Waals surface area contributed by atoms with E-state index in [0.717, 1.165) is 29.5 Å². The lowest BCUT2D eigenvalue weighted by atomic mass is 9.78. The number of halogens is 1. The van der Waals surface area contributed by atoms with Gasteiger partial charge in [-0.2, -0.15) is 0 Å². The van der Waals surface area contributed by atoms with Crippen LogP contribution in [0.15, 0.2) is 24.3 Å². The lowest BCUT2D eigenvalue weighted by molar-refractivity contribution is 0.421. The summed E-state index contributed by atoms with van der Waals surface area (Å²) in [5.74, 6) is 2.42. The SMILES string of the molecule is Cc1cc(CC(C)C)cc2c1OP(F)Oc1cc(C(C)(C)C)c(CC(C)C)cc1C2C. The van der Waals surface area contributed by atoms with Gasteiger partial charge in [-0.05, 0) is 65.3 Å². The van der Waals surface area contributed by atoms with Crippen LogP contribution in [0, 0.1) is 18.8 Å². The van der Waals surface area contributed by atoms with E-state index in [0.29, 0.717) is 23.3 Å². The van der Waals surface area contributed by atoms with Gasteiger partial charge in [-0.15, -0.1) is 4.20 Å². The van der Waals surface area contributed by atoms with Gasteiger partial charge in [0.05, 0.1) is 0 Å². The van der Waals surface area contributed by atoms with Crippen LogP contribution in [0.4, 0.5) is 4.20 Å². The number of benzene rings is 2. The molecular weight excluding hydrogens is 406 g/mol. The molecule has 170 valence electrons. The molecule has 1 aliphatic heterocycles. The highest BCUT2D eigenvalue weighted by Gasteiger charge is 2.31. The Balaban J connectivity index is 2.22. The number of fused-ring (bicyclic) bond motifs is 2. The minimum atomic E-state index is -2.54. The highest BCUT2D eigenvalue weighted by molar-refractivity contribution is 7.42. The van der Waals surface area contributed by atoms with Gasteiger partial charge in [0.15, 0.2) is 0 Å². The predicted octanol–water partition coefficient (Wildman–Crippen LogP) is 8.81. The maximum Gasteiger partial charge on any atom is 0.505 e. The third-order valence-electron chi connectivity index (χ3n) is 5.95.